The molecule has 1 unspecified atom stereocenters. The second-order valence-corrected chi connectivity index (χ2v) is 9.14. The number of aromatic nitrogens is 2. The van der Waals surface area contributed by atoms with Crippen LogP contribution in [0, 0.1) is 19.8 Å². The lowest BCUT2D eigenvalue weighted by molar-refractivity contribution is -0.140. The van der Waals surface area contributed by atoms with Gasteiger partial charge in [-0.1, -0.05) is 6.07 Å². The number of aryl methyl sites for hydroxylation is 2. The summed E-state index contributed by atoms with van der Waals surface area (Å²) in [6.07, 6.45) is 2.18. The molecule has 2 saturated heterocycles. The van der Waals surface area contributed by atoms with Gasteiger partial charge in [-0.15, -0.1) is 11.3 Å². The molecule has 1 aromatic carbocycles. The van der Waals surface area contributed by atoms with Crippen LogP contribution in [-0.4, -0.2) is 59.4 Å². The Balaban J connectivity index is 1.25. The quantitative estimate of drug-likeness (QED) is 0.592. The molecule has 2 aliphatic rings. The predicted octanol–water partition coefficient (Wildman–Crippen LogP) is 3.01. The third kappa shape index (κ3) is 3.54. The molecule has 2 aromatic heterocycles. The topological polar surface area (TPSA) is 69.6 Å². The number of piperazine rings is 1. The van der Waals surface area contributed by atoms with Crippen LogP contribution >= 0.6 is 11.3 Å². The van der Waals surface area contributed by atoms with Crippen molar-refractivity contribution in [3.8, 4) is 0 Å². The monoisotopic (exact) mass is 435 g/mol. The zero-order valence-corrected chi connectivity index (χ0v) is 18.6. The van der Waals surface area contributed by atoms with Gasteiger partial charge in [-0.3, -0.25) is 9.59 Å². The summed E-state index contributed by atoms with van der Waals surface area (Å²) in [5, 5.41) is 3.08. The number of fused-ring (bicyclic) bond motifs is 1. The number of rotatable bonds is 3. The van der Waals surface area contributed by atoms with Crippen molar-refractivity contribution in [2.45, 2.75) is 20.3 Å². The van der Waals surface area contributed by atoms with Crippen LogP contribution in [0.15, 0.2) is 36.0 Å². The molecule has 0 radical (unpaired) electrons. The van der Waals surface area contributed by atoms with E-state index in [1.54, 1.807) is 22.6 Å². The van der Waals surface area contributed by atoms with E-state index in [-0.39, 0.29) is 11.8 Å². The van der Waals surface area contributed by atoms with Gasteiger partial charge in [0.2, 0.25) is 11.8 Å². The number of benzene rings is 1. The highest BCUT2D eigenvalue weighted by Crippen LogP contribution is 2.30. The van der Waals surface area contributed by atoms with Gasteiger partial charge in [-0.2, -0.15) is 0 Å². The molecule has 0 N–H and O–H groups in total. The molecular formula is C23H25N5O2S. The second-order valence-electron chi connectivity index (χ2n) is 8.25. The minimum absolute atomic E-state index is 0.0423. The first kappa shape index (κ1) is 19.9. The summed E-state index contributed by atoms with van der Waals surface area (Å²) in [6, 6.07) is 8.08. The summed E-state index contributed by atoms with van der Waals surface area (Å²) < 4.78 is 0. The maximum Gasteiger partial charge on any atom is 0.239 e. The van der Waals surface area contributed by atoms with Crippen LogP contribution in [-0.2, 0) is 9.59 Å². The van der Waals surface area contributed by atoms with E-state index in [0.29, 0.717) is 39.1 Å². The molecule has 7 nitrogen and oxygen atoms in total. The molecule has 2 amide bonds. The Labute approximate surface area is 185 Å². The summed E-state index contributed by atoms with van der Waals surface area (Å²) in [5.41, 5.74) is 3.24. The van der Waals surface area contributed by atoms with Gasteiger partial charge in [-0.25, -0.2) is 9.97 Å². The van der Waals surface area contributed by atoms with E-state index < -0.39 is 5.92 Å². The molecular weight excluding hydrogens is 410 g/mol. The van der Waals surface area contributed by atoms with Gasteiger partial charge in [0.25, 0.3) is 0 Å². The van der Waals surface area contributed by atoms with Crippen LogP contribution in [0.25, 0.3) is 10.2 Å². The highest BCUT2D eigenvalue weighted by atomic mass is 32.1. The molecule has 3 aromatic rings. The van der Waals surface area contributed by atoms with Crippen LogP contribution in [0.2, 0.25) is 0 Å². The molecule has 0 aliphatic carbocycles. The molecule has 2 fully saturated rings. The maximum absolute atomic E-state index is 13.2. The van der Waals surface area contributed by atoms with Crippen LogP contribution in [0.4, 0.5) is 11.5 Å². The summed E-state index contributed by atoms with van der Waals surface area (Å²) in [7, 11) is 0. The number of carbonyl (C=O) groups excluding carboxylic acids is 2. The van der Waals surface area contributed by atoms with E-state index in [2.05, 4.69) is 21.8 Å². The standard InChI is InChI=1S/C23H25N5O2S/c1-15-3-4-17(13-16(15)2)28-7-5-19(23(28)30)22(29)27-10-8-26(9-11-27)20-18-6-12-31-21(18)25-14-24-20/h3-4,6,12-14,19H,5,7-11H2,1-2H3. The summed E-state index contributed by atoms with van der Waals surface area (Å²) >= 11 is 1.60. The molecule has 0 saturated carbocycles. The average molecular weight is 436 g/mol. The van der Waals surface area contributed by atoms with Crippen molar-refractivity contribution >= 4 is 44.9 Å². The van der Waals surface area contributed by atoms with Crippen molar-refractivity contribution in [2.75, 3.05) is 42.5 Å². The minimum atomic E-state index is -0.573. The number of hydrogen-bond acceptors (Lipinski definition) is 6. The van der Waals surface area contributed by atoms with E-state index in [0.717, 1.165) is 27.3 Å². The van der Waals surface area contributed by atoms with E-state index in [4.69, 9.17) is 0 Å². The molecule has 31 heavy (non-hydrogen) atoms. The zero-order valence-electron chi connectivity index (χ0n) is 17.7. The third-order valence-electron chi connectivity index (χ3n) is 6.44. The van der Waals surface area contributed by atoms with Crippen molar-refractivity contribution in [1.82, 2.24) is 14.9 Å². The smallest absolute Gasteiger partial charge is 0.239 e. The lowest BCUT2D eigenvalue weighted by Crippen LogP contribution is -2.51. The Kier molecular flexibility index (Phi) is 5.09. The fourth-order valence-electron chi connectivity index (χ4n) is 4.45. The van der Waals surface area contributed by atoms with E-state index >= 15 is 0 Å². The zero-order chi connectivity index (χ0) is 21.5. The van der Waals surface area contributed by atoms with E-state index in [1.807, 2.05) is 41.5 Å². The molecule has 0 bridgehead atoms. The normalized spacial score (nSPS) is 19.5. The Hall–Kier alpha value is -3.00. The minimum Gasteiger partial charge on any atom is -0.352 e. The molecule has 8 heteroatoms. The molecule has 0 spiro atoms. The highest BCUT2D eigenvalue weighted by molar-refractivity contribution is 7.16. The van der Waals surface area contributed by atoms with Gasteiger partial charge in [0.15, 0.2) is 0 Å². The van der Waals surface area contributed by atoms with Crippen molar-refractivity contribution in [3.05, 3.63) is 47.1 Å². The summed E-state index contributed by atoms with van der Waals surface area (Å²) in [6.45, 7) is 7.30. The Morgan fingerprint density at radius 2 is 1.84 bits per heavy atom. The first-order valence-electron chi connectivity index (χ1n) is 10.6. The number of anilines is 2. The van der Waals surface area contributed by atoms with Gasteiger partial charge in [-0.05, 0) is 55.0 Å². The molecule has 160 valence electrons. The van der Waals surface area contributed by atoms with Gasteiger partial charge >= 0.3 is 0 Å². The number of nitrogens with zero attached hydrogens (tertiary/aromatic N) is 5. The fourth-order valence-corrected chi connectivity index (χ4v) is 5.17. The van der Waals surface area contributed by atoms with Crippen LogP contribution in [0.3, 0.4) is 0 Å². The molecule has 5 rings (SSSR count). The van der Waals surface area contributed by atoms with Gasteiger partial charge < -0.3 is 14.7 Å². The predicted molar refractivity (Wildman–Crippen MR) is 123 cm³/mol. The maximum atomic E-state index is 13.2. The van der Waals surface area contributed by atoms with Crippen molar-refractivity contribution in [2.24, 2.45) is 5.92 Å². The van der Waals surface area contributed by atoms with Gasteiger partial charge in [0.05, 0.1) is 5.39 Å². The average Bonchev–Trinajstić information content (AvgIpc) is 3.42. The first-order valence-corrected chi connectivity index (χ1v) is 11.5. The van der Waals surface area contributed by atoms with Gasteiger partial charge in [0.1, 0.15) is 22.9 Å². The molecule has 4 heterocycles. The first-order chi connectivity index (χ1) is 15.0. The second kappa shape index (κ2) is 7.92. The Bertz CT molecular complexity index is 1150. The highest BCUT2D eigenvalue weighted by Gasteiger charge is 2.40. The molecule has 2 aliphatic heterocycles. The van der Waals surface area contributed by atoms with Gasteiger partial charge in [0, 0.05) is 38.4 Å². The van der Waals surface area contributed by atoms with Crippen molar-refractivity contribution in [1.29, 1.82) is 0 Å². The van der Waals surface area contributed by atoms with Crippen LogP contribution in [0.1, 0.15) is 17.5 Å². The Morgan fingerprint density at radius 3 is 2.61 bits per heavy atom. The SMILES string of the molecule is Cc1ccc(N2CCC(C(=O)N3CCN(c4ncnc5sccc45)CC3)C2=O)cc1C. The van der Waals surface area contributed by atoms with Crippen LogP contribution < -0.4 is 9.80 Å². The van der Waals surface area contributed by atoms with Crippen molar-refractivity contribution < 1.29 is 9.59 Å². The number of amides is 2. The van der Waals surface area contributed by atoms with Crippen molar-refractivity contribution in [3.63, 3.8) is 0 Å². The fraction of sp³-hybridized carbons (Fsp3) is 0.391. The number of carbonyl (C=O) groups is 2. The lowest BCUT2D eigenvalue weighted by atomic mass is 10.1. The van der Waals surface area contributed by atoms with Crippen LogP contribution in [0.5, 0.6) is 0 Å². The van der Waals surface area contributed by atoms with E-state index in [9.17, 15) is 9.59 Å². The summed E-state index contributed by atoms with van der Waals surface area (Å²) in [4.78, 5) is 41.8. The number of thiophene rings is 1. The molecule has 1 atom stereocenters. The summed E-state index contributed by atoms with van der Waals surface area (Å²) in [5.74, 6) is 0.234. The largest absolute Gasteiger partial charge is 0.352 e. The third-order valence-corrected chi connectivity index (χ3v) is 7.26. The van der Waals surface area contributed by atoms with E-state index in [1.165, 1.54) is 5.56 Å². The number of hydrogen-bond donors (Lipinski definition) is 0. The lowest BCUT2D eigenvalue weighted by Gasteiger charge is -2.36. The Morgan fingerprint density at radius 1 is 1.03 bits per heavy atom.